The second kappa shape index (κ2) is 9.07. The third-order valence-corrected chi connectivity index (χ3v) is 6.86. The maximum absolute atomic E-state index is 12.8. The van der Waals surface area contributed by atoms with Crippen LogP contribution in [0.2, 0.25) is 0 Å². The molecule has 1 fully saturated rings. The van der Waals surface area contributed by atoms with Crippen LogP contribution in [0.15, 0.2) is 53.4 Å². The standard InChI is InChI=1S/C21H22N4O4S/c1-16(26)18-4-8-20(9-5-18)30(28,29)25-12-10-24(11-13-25)21(27)15-23-19-6-2-17(14-22)3-7-19/h2-9,23H,10-13,15H2,1H3. The number of hydrogen-bond donors (Lipinski definition) is 1. The van der Waals surface area contributed by atoms with Crippen LogP contribution in [0.25, 0.3) is 0 Å². The van der Waals surface area contributed by atoms with E-state index in [1.165, 1.54) is 35.5 Å². The Bertz CT molecular complexity index is 1070. The predicted molar refractivity (Wildman–Crippen MR) is 111 cm³/mol. The Kier molecular flexibility index (Phi) is 6.50. The first-order valence-electron chi connectivity index (χ1n) is 9.44. The minimum atomic E-state index is -3.67. The smallest absolute Gasteiger partial charge is 0.243 e. The number of nitriles is 1. The molecule has 9 heteroatoms. The summed E-state index contributed by atoms with van der Waals surface area (Å²) < 4.78 is 27.0. The normalized spacial score (nSPS) is 14.7. The van der Waals surface area contributed by atoms with Crippen molar-refractivity contribution in [3.8, 4) is 6.07 Å². The van der Waals surface area contributed by atoms with E-state index < -0.39 is 10.0 Å². The number of rotatable bonds is 6. The van der Waals surface area contributed by atoms with Gasteiger partial charge in [0.1, 0.15) is 0 Å². The van der Waals surface area contributed by atoms with E-state index in [4.69, 9.17) is 5.26 Å². The number of carbonyl (C=O) groups is 2. The molecule has 1 amide bonds. The summed E-state index contributed by atoms with van der Waals surface area (Å²) >= 11 is 0. The van der Waals surface area contributed by atoms with Gasteiger partial charge in [-0.15, -0.1) is 0 Å². The summed E-state index contributed by atoms with van der Waals surface area (Å²) in [6.45, 7) is 2.54. The molecule has 1 N–H and O–H groups in total. The van der Waals surface area contributed by atoms with Crippen molar-refractivity contribution < 1.29 is 18.0 Å². The van der Waals surface area contributed by atoms with Gasteiger partial charge in [-0.3, -0.25) is 9.59 Å². The molecule has 8 nitrogen and oxygen atoms in total. The molecule has 156 valence electrons. The zero-order valence-electron chi connectivity index (χ0n) is 16.5. The summed E-state index contributed by atoms with van der Waals surface area (Å²) in [5.41, 5.74) is 1.73. The third-order valence-electron chi connectivity index (χ3n) is 4.95. The molecular formula is C21H22N4O4S. The van der Waals surface area contributed by atoms with E-state index >= 15 is 0 Å². The fraction of sp³-hybridized carbons (Fsp3) is 0.286. The molecule has 2 aromatic rings. The van der Waals surface area contributed by atoms with Crippen LogP contribution in [0.4, 0.5) is 5.69 Å². The van der Waals surface area contributed by atoms with Crippen molar-refractivity contribution in [2.45, 2.75) is 11.8 Å². The number of ketones is 1. The second-order valence-corrected chi connectivity index (χ2v) is 8.85. The van der Waals surface area contributed by atoms with Gasteiger partial charge in [0.25, 0.3) is 0 Å². The van der Waals surface area contributed by atoms with E-state index in [0.29, 0.717) is 24.2 Å². The summed E-state index contributed by atoms with van der Waals surface area (Å²) in [7, 11) is -3.67. The number of sulfonamides is 1. The van der Waals surface area contributed by atoms with Gasteiger partial charge in [-0.2, -0.15) is 9.57 Å². The van der Waals surface area contributed by atoms with E-state index in [1.54, 1.807) is 29.2 Å². The number of anilines is 1. The SMILES string of the molecule is CC(=O)c1ccc(S(=O)(=O)N2CCN(C(=O)CNc3ccc(C#N)cc3)CC2)cc1. The Labute approximate surface area is 175 Å². The van der Waals surface area contributed by atoms with Crippen molar-refractivity contribution in [1.29, 1.82) is 5.26 Å². The lowest BCUT2D eigenvalue weighted by atomic mass is 10.2. The van der Waals surface area contributed by atoms with Gasteiger partial charge in [0.05, 0.1) is 23.1 Å². The van der Waals surface area contributed by atoms with Crippen LogP contribution in [0, 0.1) is 11.3 Å². The van der Waals surface area contributed by atoms with Crippen molar-refractivity contribution in [2.75, 3.05) is 38.0 Å². The maximum Gasteiger partial charge on any atom is 0.243 e. The van der Waals surface area contributed by atoms with Crippen molar-refractivity contribution in [3.63, 3.8) is 0 Å². The molecule has 0 spiro atoms. The first-order chi connectivity index (χ1) is 14.3. The van der Waals surface area contributed by atoms with Crippen LogP contribution in [-0.2, 0) is 14.8 Å². The fourth-order valence-corrected chi connectivity index (χ4v) is 4.56. The number of carbonyl (C=O) groups excluding carboxylic acids is 2. The average molecular weight is 426 g/mol. The van der Waals surface area contributed by atoms with E-state index in [-0.39, 0.29) is 36.2 Å². The van der Waals surface area contributed by atoms with E-state index in [1.807, 2.05) is 6.07 Å². The zero-order valence-corrected chi connectivity index (χ0v) is 17.4. The zero-order chi connectivity index (χ0) is 21.7. The van der Waals surface area contributed by atoms with Gasteiger partial charge in [-0.25, -0.2) is 8.42 Å². The lowest BCUT2D eigenvalue weighted by Gasteiger charge is -2.34. The Hall–Kier alpha value is -3.22. The highest BCUT2D eigenvalue weighted by Crippen LogP contribution is 2.19. The van der Waals surface area contributed by atoms with Crippen LogP contribution in [-0.4, -0.2) is 62.0 Å². The second-order valence-electron chi connectivity index (χ2n) is 6.91. The number of nitrogens with one attached hydrogen (secondary N) is 1. The molecule has 3 rings (SSSR count). The van der Waals surface area contributed by atoms with Crippen LogP contribution in [0.5, 0.6) is 0 Å². The topological polar surface area (TPSA) is 111 Å². The summed E-state index contributed by atoms with van der Waals surface area (Å²) in [6, 6.07) is 14.7. The van der Waals surface area contributed by atoms with Crippen molar-refractivity contribution in [2.24, 2.45) is 0 Å². The quantitative estimate of drug-likeness (QED) is 0.704. The largest absolute Gasteiger partial charge is 0.376 e. The molecule has 0 aromatic heterocycles. The highest BCUT2D eigenvalue weighted by atomic mass is 32.2. The first-order valence-corrected chi connectivity index (χ1v) is 10.9. The summed E-state index contributed by atoms with van der Waals surface area (Å²) in [5, 5.41) is 11.8. The van der Waals surface area contributed by atoms with Crippen LogP contribution in [0.1, 0.15) is 22.8 Å². The van der Waals surface area contributed by atoms with Crippen LogP contribution in [0.3, 0.4) is 0 Å². The van der Waals surface area contributed by atoms with Gasteiger partial charge >= 0.3 is 0 Å². The molecular weight excluding hydrogens is 404 g/mol. The number of nitrogens with zero attached hydrogens (tertiary/aromatic N) is 3. The molecule has 1 heterocycles. The molecule has 1 saturated heterocycles. The minimum absolute atomic E-state index is 0.0885. The van der Waals surface area contributed by atoms with Gasteiger partial charge in [0.15, 0.2) is 5.78 Å². The number of hydrogen-bond acceptors (Lipinski definition) is 6. The number of piperazine rings is 1. The Morgan fingerprint density at radius 1 is 1.00 bits per heavy atom. The summed E-state index contributed by atoms with van der Waals surface area (Å²) in [6.07, 6.45) is 0. The monoisotopic (exact) mass is 426 g/mol. The maximum atomic E-state index is 12.8. The lowest BCUT2D eigenvalue weighted by molar-refractivity contribution is -0.130. The molecule has 1 aliphatic rings. The van der Waals surface area contributed by atoms with Gasteiger partial charge in [-0.1, -0.05) is 12.1 Å². The lowest BCUT2D eigenvalue weighted by Crippen LogP contribution is -2.51. The predicted octanol–water partition coefficient (Wildman–Crippen LogP) is 1.71. The van der Waals surface area contributed by atoms with Gasteiger partial charge in [0, 0.05) is 37.4 Å². The number of benzene rings is 2. The molecule has 1 aliphatic heterocycles. The minimum Gasteiger partial charge on any atom is -0.376 e. The van der Waals surface area contributed by atoms with E-state index in [2.05, 4.69) is 5.32 Å². The first kappa shape index (κ1) is 21.5. The van der Waals surface area contributed by atoms with Gasteiger partial charge in [0.2, 0.25) is 15.9 Å². The molecule has 0 radical (unpaired) electrons. The van der Waals surface area contributed by atoms with E-state index in [0.717, 1.165) is 5.69 Å². The summed E-state index contributed by atoms with van der Waals surface area (Å²) in [4.78, 5) is 25.6. The molecule has 0 saturated carbocycles. The third kappa shape index (κ3) is 4.84. The average Bonchev–Trinajstić information content (AvgIpc) is 2.78. The molecule has 2 aromatic carbocycles. The van der Waals surface area contributed by atoms with Gasteiger partial charge < -0.3 is 10.2 Å². The van der Waals surface area contributed by atoms with Crippen molar-refractivity contribution in [3.05, 3.63) is 59.7 Å². The molecule has 0 atom stereocenters. The van der Waals surface area contributed by atoms with E-state index in [9.17, 15) is 18.0 Å². The Morgan fingerprint density at radius 2 is 1.60 bits per heavy atom. The molecule has 30 heavy (non-hydrogen) atoms. The Morgan fingerprint density at radius 3 is 2.13 bits per heavy atom. The molecule has 0 aliphatic carbocycles. The molecule has 0 bridgehead atoms. The highest BCUT2D eigenvalue weighted by molar-refractivity contribution is 7.89. The van der Waals surface area contributed by atoms with Gasteiger partial charge in [-0.05, 0) is 43.3 Å². The van der Waals surface area contributed by atoms with Crippen molar-refractivity contribution in [1.82, 2.24) is 9.21 Å². The van der Waals surface area contributed by atoms with Crippen LogP contribution < -0.4 is 5.32 Å². The fourth-order valence-electron chi connectivity index (χ4n) is 3.14. The summed E-state index contributed by atoms with van der Waals surface area (Å²) in [5.74, 6) is -0.247. The Balaban J connectivity index is 1.54. The van der Waals surface area contributed by atoms with Crippen LogP contribution >= 0.6 is 0 Å². The number of Topliss-reactive ketones (excluding diaryl/α,β-unsaturated/α-hetero) is 1. The highest BCUT2D eigenvalue weighted by Gasteiger charge is 2.30. The molecule has 0 unspecified atom stereocenters. The van der Waals surface area contributed by atoms with Crippen molar-refractivity contribution >= 4 is 27.4 Å². The number of amides is 1.